The Labute approximate surface area is 172 Å². The van der Waals surface area contributed by atoms with Crippen LogP contribution in [-0.4, -0.2) is 52.6 Å². The Morgan fingerprint density at radius 3 is 2.71 bits per heavy atom. The lowest BCUT2D eigenvalue weighted by atomic mass is 9.94. The third-order valence-electron chi connectivity index (χ3n) is 6.05. The van der Waals surface area contributed by atoms with Crippen LogP contribution in [0.25, 0.3) is 0 Å². The molecule has 1 aromatic carbocycles. The number of nitrogens with zero attached hydrogens (tertiary/aromatic N) is 1. The molecule has 0 saturated carbocycles. The first-order valence-electron chi connectivity index (χ1n) is 10.2. The van der Waals surface area contributed by atoms with Gasteiger partial charge in [0.2, 0.25) is 5.91 Å². The van der Waals surface area contributed by atoms with Gasteiger partial charge < -0.3 is 26.4 Å². The van der Waals surface area contributed by atoms with E-state index < -0.39 is 0 Å². The van der Waals surface area contributed by atoms with E-state index in [0.717, 1.165) is 43.6 Å². The molecule has 1 unspecified atom stereocenters. The molecule has 1 saturated heterocycles. The van der Waals surface area contributed by atoms with Gasteiger partial charge in [-0.3, -0.25) is 4.79 Å². The van der Waals surface area contributed by atoms with E-state index in [9.17, 15) is 9.90 Å². The summed E-state index contributed by atoms with van der Waals surface area (Å²) >= 11 is 5.13. The van der Waals surface area contributed by atoms with Crippen molar-refractivity contribution in [2.24, 2.45) is 17.6 Å². The van der Waals surface area contributed by atoms with Crippen LogP contribution in [0.15, 0.2) is 18.2 Å². The highest BCUT2D eigenvalue weighted by Crippen LogP contribution is 2.22. The van der Waals surface area contributed by atoms with Crippen LogP contribution in [0.4, 0.5) is 0 Å². The minimum Gasteiger partial charge on any atom is -0.508 e. The van der Waals surface area contributed by atoms with E-state index in [1.807, 2.05) is 6.07 Å². The molecule has 154 valence electrons. The highest BCUT2D eigenvalue weighted by Gasteiger charge is 2.29. The zero-order valence-electron chi connectivity index (χ0n) is 16.8. The average Bonchev–Trinajstić information content (AvgIpc) is 2.67. The minimum absolute atomic E-state index is 0.0513. The molecular formula is C21H32N4O2S. The van der Waals surface area contributed by atoms with Crippen LogP contribution in [0.2, 0.25) is 0 Å². The number of fused-ring (bicyclic) bond motifs is 1. The van der Waals surface area contributed by atoms with E-state index in [0.29, 0.717) is 29.8 Å². The molecule has 1 aromatic rings. The normalized spacial score (nSPS) is 21.9. The summed E-state index contributed by atoms with van der Waals surface area (Å²) in [6, 6.07) is 5.24. The first-order valence-corrected chi connectivity index (χ1v) is 10.6. The van der Waals surface area contributed by atoms with Crippen molar-refractivity contribution in [2.75, 3.05) is 19.6 Å². The second kappa shape index (κ2) is 9.20. The van der Waals surface area contributed by atoms with Gasteiger partial charge >= 0.3 is 0 Å². The molecule has 0 aliphatic carbocycles. The summed E-state index contributed by atoms with van der Waals surface area (Å²) in [4.78, 5) is 15.9. The van der Waals surface area contributed by atoms with Crippen LogP contribution >= 0.6 is 12.2 Å². The summed E-state index contributed by atoms with van der Waals surface area (Å²) in [6.45, 7) is 7.70. The number of rotatable bonds is 6. The Hall–Kier alpha value is -1.70. The molecule has 28 heavy (non-hydrogen) atoms. The molecule has 7 heteroatoms. The third-order valence-corrected chi connectivity index (χ3v) is 6.38. The zero-order valence-corrected chi connectivity index (χ0v) is 17.6. The van der Waals surface area contributed by atoms with E-state index in [1.54, 1.807) is 12.1 Å². The number of carbonyl (C=O) groups excluding carboxylic acids is 1. The average molecular weight is 405 g/mol. The molecule has 0 aromatic heterocycles. The summed E-state index contributed by atoms with van der Waals surface area (Å²) in [5.74, 6) is 1.02. The van der Waals surface area contributed by atoms with E-state index in [4.69, 9.17) is 18.0 Å². The topological polar surface area (TPSA) is 90.6 Å². The van der Waals surface area contributed by atoms with Crippen molar-refractivity contribution in [3.05, 3.63) is 29.3 Å². The van der Waals surface area contributed by atoms with E-state index in [2.05, 4.69) is 29.4 Å². The lowest BCUT2D eigenvalue weighted by molar-refractivity contribution is -0.124. The van der Waals surface area contributed by atoms with Gasteiger partial charge in [-0.05, 0) is 61.5 Å². The van der Waals surface area contributed by atoms with Gasteiger partial charge in [-0.1, -0.05) is 32.1 Å². The molecule has 6 nitrogen and oxygen atoms in total. The number of benzene rings is 1. The molecule has 0 bridgehead atoms. The quantitative estimate of drug-likeness (QED) is 0.538. The minimum atomic E-state index is -0.237. The number of thiocarbonyl (C=S) groups is 1. The monoisotopic (exact) mass is 404 g/mol. The van der Waals surface area contributed by atoms with Crippen molar-refractivity contribution < 1.29 is 9.90 Å². The second-order valence-electron chi connectivity index (χ2n) is 8.43. The Morgan fingerprint density at radius 1 is 1.36 bits per heavy atom. The van der Waals surface area contributed by atoms with Crippen molar-refractivity contribution in [1.29, 1.82) is 0 Å². The first-order chi connectivity index (χ1) is 13.3. The van der Waals surface area contributed by atoms with Crippen LogP contribution < -0.4 is 16.4 Å². The molecule has 2 aliphatic heterocycles. The van der Waals surface area contributed by atoms with Gasteiger partial charge in [-0.25, -0.2) is 0 Å². The Bertz CT molecular complexity index is 716. The van der Waals surface area contributed by atoms with Gasteiger partial charge in [-0.15, -0.1) is 0 Å². The molecule has 3 rings (SSSR count). The van der Waals surface area contributed by atoms with Crippen molar-refractivity contribution in [3.8, 4) is 5.75 Å². The molecule has 1 amide bonds. The summed E-state index contributed by atoms with van der Waals surface area (Å²) in [5.41, 5.74) is 7.97. The highest BCUT2D eigenvalue weighted by atomic mass is 32.1. The molecule has 1 fully saturated rings. The maximum absolute atomic E-state index is 12.9. The standard InChI is InChI=1S/C21H32N4O2S/c1-13(2)19(12-25-7-5-14(6-8-25)20(22)28)24-21(27)18-10-15-3-4-17(26)9-16(15)11-23-18/h3-4,9,13-14,18-19,23,26H,5-8,10-12H2,1-2H3,(H2,22,28)(H,24,27)/t18?,19-/m1/s1. The predicted octanol–water partition coefficient (Wildman–Crippen LogP) is 1.55. The van der Waals surface area contributed by atoms with Crippen molar-refractivity contribution in [2.45, 2.75) is 51.7 Å². The van der Waals surface area contributed by atoms with Gasteiger partial charge in [0, 0.05) is 25.0 Å². The van der Waals surface area contributed by atoms with Crippen LogP contribution in [0.3, 0.4) is 0 Å². The van der Waals surface area contributed by atoms with Gasteiger partial charge in [0.25, 0.3) is 0 Å². The second-order valence-corrected chi connectivity index (χ2v) is 8.90. The van der Waals surface area contributed by atoms with Crippen molar-refractivity contribution in [3.63, 3.8) is 0 Å². The smallest absolute Gasteiger partial charge is 0.237 e. The van der Waals surface area contributed by atoms with Crippen LogP contribution in [0.1, 0.15) is 37.8 Å². The molecule has 2 aliphatic rings. The van der Waals surface area contributed by atoms with Gasteiger partial charge in [0.15, 0.2) is 0 Å². The summed E-state index contributed by atoms with van der Waals surface area (Å²) in [6.07, 6.45) is 2.65. The molecule has 0 spiro atoms. The molecule has 0 radical (unpaired) electrons. The fourth-order valence-corrected chi connectivity index (χ4v) is 4.31. The number of phenolic OH excluding ortho intramolecular Hbond substituents is 1. The number of aromatic hydroxyl groups is 1. The Morgan fingerprint density at radius 2 is 2.07 bits per heavy atom. The number of carbonyl (C=O) groups is 1. The van der Waals surface area contributed by atoms with Gasteiger partial charge in [-0.2, -0.15) is 0 Å². The summed E-state index contributed by atoms with van der Waals surface area (Å²) < 4.78 is 0. The van der Waals surface area contributed by atoms with E-state index >= 15 is 0 Å². The Kier molecular flexibility index (Phi) is 6.91. The molecule has 2 heterocycles. The number of nitrogens with one attached hydrogen (secondary N) is 2. The van der Waals surface area contributed by atoms with Gasteiger partial charge in [0.1, 0.15) is 5.75 Å². The third kappa shape index (κ3) is 5.21. The van der Waals surface area contributed by atoms with Crippen LogP contribution in [0.5, 0.6) is 5.75 Å². The van der Waals surface area contributed by atoms with Crippen molar-refractivity contribution in [1.82, 2.24) is 15.5 Å². The van der Waals surface area contributed by atoms with E-state index in [1.165, 1.54) is 0 Å². The number of hydrogen-bond donors (Lipinski definition) is 4. The number of hydrogen-bond acceptors (Lipinski definition) is 5. The molecule has 5 N–H and O–H groups in total. The molecular weight excluding hydrogens is 372 g/mol. The SMILES string of the molecule is CC(C)[C@@H](CN1CCC(C(N)=S)CC1)NC(=O)C1Cc2ccc(O)cc2CN1. The lowest BCUT2D eigenvalue weighted by Crippen LogP contribution is -2.55. The number of piperidine rings is 1. The highest BCUT2D eigenvalue weighted by molar-refractivity contribution is 7.80. The predicted molar refractivity (Wildman–Crippen MR) is 115 cm³/mol. The maximum Gasteiger partial charge on any atom is 0.237 e. The number of nitrogens with two attached hydrogens (primary N) is 1. The summed E-state index contributed by atoms with van der Waals surface area (Å²) in [7, 11) is 0. The number of amides is 1. The zero-order chi connectivity index (χ0) is 20.3. The first kappa shape index (κ1) is 21.0. The largest absolute Gasteiger partial charge is 0.508 e. The Balaban J connectivity index is 1.55. The fourth-order valence-electron chi connectivity index (χ4n) is 4.07. The maximum atomic E-state index is 12.9. The fraction of sp³-hybridized carbons (Fsp3) is 0.619. The molecule has 2 atom stereocenters. The lowest BCUT2D eigenvalue weighted by Gasteiger charge is -2.36. The number of likely N-dealkylation sites (tertiary alicyclic amines) is 1. The summed E-state index contributed by atoms with van der Waals surface area (Å²) in [5, 5.41) is 16.2. The van der Waals surface area contributed by atoms with Crippen LogP contribution in [0, 0.1) is 11.8 Å². The van der Waals surface area contributed by atoms with Crippen LogP contribution in [-0.2, 0) is 17.8 Å². The van der Waals surface area contributed by atoms with Crippen molar-refractivity contribution >= 4 is 23.1 Å². The van der Waals surface area contributed by atoms with E-state index in [-0.39, 0.29) is 23.7 Å². The number of phenols is 1. The van der Waals surface area contributed by atoms with Gasteiger partial charge in [0.05, 0.1) is 11.0 Å².